The Hall–Kier alpha value is -4.46. The zero-order valence-electron chi connectivity index (χ0n) is 27.2. The molecular weight excluding hydrogens is 574 g/mol. The fourth-order valence-corrected chi connectivity index (χ4v) is 7.19. The summed E-state index contributed by atoms with van der Waals surface area (Å²) in [5.41, 5.74) is 5.33. The SMILES string of the molecule is CC(=O)N1c2cc(OCCN3CCOCC3)c(NC(=O)c3ccc(-c4ccccc4)cc3)cc2C(C)(c2ccccc2)CC1(C)C. The van der Waals surface area contributed by atoms with Crippen LogP contribution >= 0.6 is 0 Å². The van der Waals surface area contributed by atoms with E-state index < -0.39 is 11.0 Å². The number of hydrogen-bond donors (Lipinski definition) is 1. The number of carbonyl (C=O) groups excluding carboxylic acids is 2. The zero-order valence-corrected chi connectivity index (χ0v) is 27.2. The molecule has 2 aliphatic rings. The summed E-state index contributed by atoms with van der Waals surface area (Å²) in [6.07, 6.45) is 0.710. The second kappa shape index (κ2) is 13.1. The van der Waals surface area contributed by atoms with E-state index in [1.54, 1.807) is 6.92 Å². The van der Waals surface area contributed by atoms with Crippen molar-refractivity contribution < 1.29 is 19.1 Å². The highest BCUT2D eigenvalue weighted by molar-refractivity contribution is 6.06. The van der Waals surface area contributed by atoms with Crippen molar-refractivity contribution in [3.63, 3.8) is 0 Å². The summed E-state index contributed by atoms with van der Waals surface area (Å²) in [7, 11) is 0. The minimum atomic E-state index is -0.459. The molecular formula is C39H43N3O4. The lowest BCUT2D eigenvalue weighted by Crippen LogP contribution is -2.55. The number of fused-ring (bicyclic) bond motifs is 1. The van der Waals surface area contributed by atoms with E-state index in [4.69, 9.17) is 9.47 Å². The van der Waals surface area contributed by atoms with Gasteiger partial charge in [0.2, 0.25) is 5.91 Å². The van der Waals surface area contributed by atoms with Crippen LogP contribution in [-0.2, 0) is 14.9 Å². The quantitative estimate of drug-likeness (QED) is 0.227. The predicted octanol–water partition coefficient (Wildman–Crippen LogP) is 7.16. The third-order valence-corrected chi connectivity index (χ3v) is 9.32. The maximum atomic E-state index is 13.8. The highest BCUT2D eigenvalue weighted by Gasteiger charge is 2.47. The number of nitrogens with one attached hydrogen (secondary N) is 1. The summed E-state index contributed by atoms with van der Waals surface area (Å²) in [5.74, 6) is 0.287. The Morgan fingerprint density at radius 3 is 2.13 bits per heavy atom. The van der Waals surface area contributed by atoms with E-state index in [1.165, 1.54) is 0 Å². The number of rotatable bonds is 8. The second-order valence-electron chi connectivity index (χ2n) is 13.1. The normalized spacial score (nSPS) is 19.3. The summed E-state index contributed by atoms with van der Waals surface area (Å²) in [4.78, 5) is 31.2. The van der Waals surface area contributed by atoms with Crippen LogP contribution < -0.4 is 15.0 Å². The van der Waals surface area contributed by atoms with Crippen LogP contribution in [0.5, 0.6) is 5.75 Å². The van der Waals surface area contributed by atoms with Crippen molar-refractivity contribution in [1.82, 2.24) is 4.90 Å². The van der Waals surface area contributed by atoms with Crippen LogP contribution in [0, 0.1) is 0 Å². The van der Waals surface area contributed by atoms with Crippen LogP contribution in [-0.4, -0.2) is 61.7 Å². The number of hydrogen-bond acceptors (Lipinski definition) is 5. The molecule has 1 saturated heterocycles. The maximum absolute atomic E-state index is 13.8. The van der Waals surface area contributed by atoms with Crippen LogP contribution in [0.15, 0.2) is 97.1 Å². The monoisotopic (exact) mass is 617 g/mol. The van der Waals surface area contributed by atoms with Crippen molar-refractivity contribution in [2.24, 2.45) is 0 Å². The van der Waals surface area contributed by atoms with Gasteiger partial charge in [-0.2, -0.15) is 0 Å². The number of anilines is 2. The Morgan fingerprint density at radius 1 is 0.848 bits per heavy atom. The highest BCUT2D eigenvalue weighted by Crippen LogP contribution is 2.53. The van der Waals surface area contributed by atoms with Gasteiger partial charge in [-0.05, 0) is 60.7 Å². The first-order valence-electron chi connectivity index (χ1n) is 16.1. The molecule has 1 unspecified atom stereocenters. The van der Waals surface area contributed by atoms with Crippen LogP contribution in [0.25, 0.3) is 11.1 Å². The summed E-state index contributed by atoms with van der Waals surface area (Å²) < 4.78 is 12.0. The number of carbonyl (C=O) groups is 2. The average molecular weight is 618 g/mol. The molecule has 46 heavy (non-hydrogen) atoms. The Morgan fingerprint density at radius 2 is 1.48 bits per heavy atom. The minimum Gasteiger partial charge on any atom is -0.490 e. The number of nitrogens with zero attached hydrogens (tertiary/aromatic N) is 2. The molecule has 6 rings (SSSR count). The van der Waals surface area contributed by atoms with Crippen LogP contribution in [0.2, 0.25) is 0 Å². The molecule has 238 valence electrons. The van der Waals surface area contributed by atoms with Gasteiger partial charge in [-0.1, -0.05) is 79.7 Å². The number of ether oxygens (including phenoxy) is 2. The van der Waals surface area contributed by atoms with Crippen LogP contribution in [0.4, 0.5) is 11.4 Å². The third kappa shape index (κ3) is 6.43. The number of morpholine rings is 1. The molecule has 7 nitrogen and oxygen atoms in total. The van der Waals surface area contributed by atoms with Gasteiger partial charge >= 0.3 is 0 Å². The van der Waals surface area contributed by atoms with Crippen molar-refractivity contribution in [3.05, 3.63) is 114 Å². The molecule has 7 heteroatoms. The predicted molar refractivity (Wildman–Crippen MR) is 184 cm³/mol. The van der Waals surface area contributed by atoms with E-state index in [-0.39, 0.29) is 11.8 Å². The lowest BCUT2D eigenvalue weighted by atomic mass is 9.65. The van der Waals surface area contributed by atoms with Gasteiger partial charge in [-0.25, -0.2) is 0 Å². The molecule has 1 fully saturated rings. The van der Waals surface area contributed by atoms with Crippen LogP contribution in [0.1, 0.15) is 55.6 Å². The first-order chi connectivity index (χ1) is 22.2. The molecule has 0 radical (unpaired) electrons. The van der Waals surface area contributed by atoms with Crippen molar-refractivity contribution in [2.75, 3.05) is 49.7 Å². The summed E-state index contributed by atoms with van der Waals surface area (Å²) in [5, 5.41) is 3.18. The first kappa shape index (κ1) is 31.5. The van der Waals surface area contributed by atoms with E-state index in [9.17, 15) is 9.59 Å². The highest BCUT2D eigenvalue weighted by atomic mass is 16.5. The summed E-state index contributed by atoms with van der Waals surface area (Å²) in [6, 6.07) is 32.1. The van der Waals surface area contributed by atoms with Crippen LogP contribution in [0.3, 0.4) is 0 Å². The molecule has 0 spiro atoms. The standard InChI is InChI=1S/C39H43N3O4/c1-28(43)42-35-26-36(46-24-21-41-19-22-45-23-20-41)34(25-33(35)39(4,27-38(42,2)3)32-13-9-6-10-14-32)40-37(44)31-17-15-30(16-18-31)29-11-7-5-8-12-29/h5-18,25-26H,19-24,27H2,1-4H3,(H,40,44). The van der Waals surface area contributed by atoms with Crippen molar-refractivity contribution >= 4 is 23.2 Å². The second-order valence-corrected chi connectivity index (χ2v) is 13.1. The molecule has 1 N–H and O–H groups in total. The smallest absolute Gasteiger partial charge is 0.255 e. The summed E-state index contributed by atoms with van der Waals surface area (Å²) in [6.45, 7) is 12.4. The Balaban J connectivity index is 1.39. The van der Waals surface area contributed by atoms with Gasteiger partial charge in [0.1, 0.15) is 12.4 Å². The minimum absolute atomic E-state index is 0.0316. The molecule has 0 aliphatic carbocycles. The fraction of sp³-hybridized carbons (Fsp3) is 0.333. The zero-order chi connectivity index (χ0) is 32.3. The summed E-state index contributed by atoms with van der Waals surface area (Å²) >= 11 is 0. The lowest BCUT2D eigenvalue weighted by molar-refractivity contribution is -0.117. The van der Waals surface area contributed by atoms with Gasteiger partial charge in [0, 0.05) is 49.1 Å². The maximum Gasteiger partial charge on any atom is 0.255 e. The molecule has 0 bridgehead atoms. The molecule has 2 amide bonds. The molecule has 0 aromatic heterocycles. The Kier molecular flexibility index (Phi) is 8.98. The third-order valence-electron chi connectivity index (χ3n) is 9.32. The van der Waals surface area contributed by atoms with E-state index >= 15 is 0 Å². The van der Waals surface area contributed by atoms with E-state index in [0.29, 0.717) is 43.2 Å². The van der Waals surface area contributed by atoms with Gasteiger partial charge in [0.25, 0.3) is 5.91 Å². The Labute approximate surface area is 272 Å². The molecule has 4 aromatic carbocycles. The largest absolute Gasteiger partial charge is 0.490 e. The van der Waals surface area contributed by atoms with Gasteiger partial charge in [-0.15, -0.1) is 0 Å². The molecule has 0 saturated carbocycles. The fourth-order valence-electron chi connectivity index (χ4n) is 7.19. The average Bonchev–Trinajstić information content (AvgIpc) is 3.06. The molecule has 4 aromatic rings. The van der Waals surface area contributed by atoms with Crippen molar-refractivity contribution in [1.29, 1.82) is 0 Å². The number of amides is 2. The van der Waals surface area contributed by atoms with E-state index in [1.807, 2.05) is 65.6 Å². The van der Waals surface area contributed by atoms with Gasteiger partial charge in [0.15, 0.2) is 0 Å². The van der Waals surface area contributed by atoms with E-state index in [2.05, 4.69) is 67.4 Å². The molecule has 2 heterocycles. The van der Waals surface area contributed by atoms with Gasteiger partial charge < -0.3 is 19.7 Å². The van der Waals surface area contributed by atoms with Crippen molar-refractivity contribution in [3.8, 4) is 16.9 Å². The Bertz CT molecular complexity index is 1680. The first-order valence-corrected chi connectivity index (χ1v) is 16.1. The lowest BCUT2D eigenvalue weighted by Gasteiger charge is -2.51. The topological polar surface area (TPSA) is 71.1 Å². The molecule has 1 atom stereocenters. The van der Waals surface area contributed by atoms with Crippen molar-refractivity contribution in [2.45, 2.75) is 45.1 Å². The van der Waals surface area contributed by atoms with Gasteiger partial charge in [-0.3, -0.25) is 14.5 Å². The number of benzene rings is 4. The van der Waals surface area contributed by atoms with E-state index in [0.717, 1.165) is 47.6 Å². The van der Waals surface area contributed by atoms with Gasteiger partial charge in [0.05, 0.1) is 24.6 Å². The molecule has 2 aliphatic heterocycles.